The van der Waals surface area contributed by atoms with E-state index in [2.05, 4.69) is 0 Å². The average Bonchev–Trinajstić information content (AvgIpc) is 1.84. The van der Waals surface area contributed by atoms with E-state index in [0.29, 0.717) is 6.61 Å². The van der Waals surface area contributed by atoms with Gasteiger partial charge in [0, 0.05) is 6.61 Å². The standard InChI is InChI=1S/C9H18O3/c1-5-6-11-7-8(10)12-9(2,3)4/h5-7H2,1-4H3. The van der Waals surface area contributed by atoms with Gasteiger partial charge in [0.1, 0.15) is 12.2 Å². The van der Waals surface area contributed by atoms with Gasteiger partial charge in [-0.3, -0.25) is 0 Å². The highest BCUT2D eigenvalue weighted by atomic mass is 16.6. The Kier molecular flexibility index (Phi) is 4.90. The Bertz CT molecular complexity index is 135. The van der Waals surface area contributed by atoms with E-state index in [0.717, 1.165) is 6.42 Å². The Morgan fingerprint density at radius 3 is 2.33 bits per heavy atom. The molecule has 0 spiro atoms. The molecule has 0 aliphatic heterocycles. The molecule has 0 N–H and O–H groups in total. The maximum absolute atomic E-state index is 11.0. The van der Waals surface area contributed by atoms with E-state index in [-0.39, 0.29) is 12.6 Å². The molecule has 12 heavy (non-hydrogen) atoms. The van der Waals surface area contributed by atoms with Crippen LogP contribution >= 0.6 is 0 Å². The summed E-state index contributed by atoms with van der Waals surface area (Å²) in [4.78, 5) is 11.0. The van der Waals surface area contributed by atoms with Crippen molar-refractivity contribution in [2.45, 2.75) is 39.7 Å². The number of hydrogen-bond donors (Lipinski definition) is 0. The summed E-state index contributed by atoms with van der Waals surface area (Å²) in [6, 6.07) is 0. The topological polar surface area (TPSA) is 35.5 Å². The second-order valence-electron chi connectivity index (χ2n) is 3.64. The number of esters is 1. The van der Waals surface area contributed by atoms with Gasteiger partial charge in [-0.15, -0.1) is 0 Å². The Morgan fingerprint density at radius 2 is 1.92 bits per heavy atom. The summed E-state index contributed by atoms with van der Waals surface area (Å²) in [5, 5.41) is 0. The first-order valence-electron chi connectivity index (χ1n) is 4.25. The fourth-order valence-electron chi connectivity index (χ4n) is 0.671. The van der Waals surface area contributed by atoms with Gasteiger partial charge in [0.05, 0.1) is 0 Å². The monoisotopic (exact) mass is 174 g/mol. The van der Waals surface area contributed by atoms with Gasteiger partial charge in [-0.2, -0.15) is 0 Å². The van der Waals surface area contributed by atoms with E-state index < -0.39 is 5.60 Å². The van der Waals surface area contributed by atoms with Crippen LogP contribution in [0.3, 0.4) is 0 Å². The van der Waals surface area contributed by atoms with Crippen LogP contribution < -0.4 is 0 Å². The molecule has 3 heteroatoms. The number of hydrogen-bond acceptors (Lipinski definition) is 3. The van der Waals surface area contributed by atoms with E-state index in [1.807, 2.05) is 27.7 Å². The minimum Gasteiger partial charge on any atom is -0.458 e. The molecule has 0 aromatic heterocycles. The average molecular weight is 174 g/mol. The van der Waals surface area contributed by atoms with Crippen molar-refractivity contribution < 1.29 is 14.3 Å². The lowest BCUT2D eigenvalue weighted by atomic mass is 10.2. The molecule has 0 aliphatic rings. The smallest absolute Gasteiger partial charge is 0.332 e. The van der Waals surface area contributed by atoms with Gasteiger partial charge in [0.15, 0.2) is 0 Å². The molecule has 0 rings (SSSR count). The van der Waals surface area contributed by atoms with E-state index >= 15 is 0 Å². The molecule has 0 bridgehead atoms. The van der Waals surface area contributed by atoms with Crippen LogP contribution in [0.4, 0.5) is 0 Å². The highest BCUT2D eigenvalue weighted by molar-refractivity contribution is 5.71. The molecule has 0 saturated heterocycles. The zero-order valence-corrected chi connectivity index (χ0v) is 8.35. The predicted octanol–water partition coefficient (Wildman–Crippen LogP) is 1.75. The quantitative estimate of drug-likeness (QED) is 0.481. The molecule has 0 amide bonds. The highest BCUT2D eigenvalue weighted by Crippen LogP contribution is 2.06. The van der Waals surface area contributed by atoms with Gasteiger partial charge in [-0.1, -0.05) is 6.92 Å². The summed E-state index contributed by atoms with van der Waals surface area (Å²) < 4.78 is 10.0. The summed E-state index contributed by atoms with van der Waals surface area (Å²) in [5.41, 5.74) is -0.410. The molecule has 0 fully saturated rings. The third kappa shape index (κ3) is 7.54. The van der Waals surface area contributed by atoms with Crippen LogP contribution in [0.1, 0.15) is 34.1 Å². The minimum atomic E-state index is -0.410. The first-order valence-corrected chi connectivity index (χ1v) is 4.25. The summed E-state index contributed by atoms with van der Waals surface area (Å²) in [6.45, 7) is 8.18. The van der Waals surface area contributed by atoms with Crippen molar-refractivity contribution in [3.05, 3.63) is 0 Å². The van der Waals surface area contributed by atoms with Crippen molar-refractivity contribution in [3.8, 4) is 0 Å². The Labute approximate surface area is 74.0 Å². The van der Waals surface area contributed by atoms with Crippen molar-refractivity contribution in [1.82, 2.24) is 0 Å². The van der Waals surface area contributed by atoms with Gasteiger partial charge in [-0.25, -0.2) is 4.79 Å². The molecular formula is C9H18O3. The molecule has 0 aliphatic carbocycles. The lowest BCUT2D eigenvalue weighted by Crippen LogP contribution is -2.26. The Balaban J connectivity index is 3.47. The second-order valence-corrected chi connectivity index (χ2v) is 3.64. The van der Waals surface area contributed by atoms with Crippen LogP contribution in [0.2, 0.25) is 0 Å². The number of carbonyl (C=O) groups excluding carboxylic acids is 1. The fraction of sp³-hybridized carbons (Fsp3) is 0.889. The predicted molar refractivity (Wildman–Crippen MR) is 47.0 cm³/mol. The van der Waals surface area contributed by atoms with Gasteiger partial charge in [-0.05, 0) is 27.2 Å². The maximum Gasteiger partial charge on any atom is 0.332 e. The lowest BCUT2D eigenvalue weighted by Gasteiger charge is -2.19. The molecule has 0 aromatic carbocycles. The molecule has 0 unspecified atom stereocenters. The fourth-order valence-corrected chi connectivity index (χ4v) is 0.671. The van der Waals surface area contributed by atoms with Gasteiger partial charge >= 0.3 is 5.97 Å². The molecule has 72 valence electrons. The first-order chi connectivity index (χ1) is 5.45. The SMILES string of the molecule is CCCOCC(=O)OC(C)(C)C. The summed E-state index contributed by atoms with van der Waals surface area (Å²) in [6.07, 6.45) is 0.919. The van der Waals surface area contributed by atoms with Crippen LogP contribution in [0.25, 0.3) is 0 Å². The van der Waals surface area contributed by atoms with E-state index in [9.17, 15) is 4.79 Å². The van der Waals surface area contributed by atoms with Gasteiger partial charge < -0.3 is 9.47 Å². The van der Waals surface area contributed by atoms with Crippen LogP contribution in [-0.2, 0) is 14.3 Å². The third-order valence-electron chi connectivity index (χ3n) is 0.988. The largest absolute Gasteiger partial charge is 0.458 e. The Hall–Kier alpha value is -0.570. The number of rotatable bonds is 4. The summed E-state index contributed by atoms with van der Waals surface area (Å²) in [7, 11) is 0. The zero-order valence-electron chi connectivity index (χ0n) is 8.35. The third-order valence-corrected chi connectivity index (χ3v) is 0.988. The molecule has 0 atom stereocenters. The molecule has 3 nitrogen and oxygen atoms in total. The first kappa shape index (κ1) is 11.4. The molecule has 0 saturated carbocycles. The van der Waals surface area contributed by atoms with Crippen molar-refractivity contribution in [2.24, 2.45) is 0 Å². The van der Waals surface area contributed by atoms with Crippen LogP contribution in [-0.4, -0.2) is 24.8 Å². The second kappa shape index (κ2) is 5.14. The van der Waals surface area contributed by atoms with E-state index in [1.165, 1.54) is 0 Å². The van der Waals surface area contributed by atoms with Crippen LogP contribution in [0.15, 0.2) is 0 Å². The number of ether oxygens (including phenoxy) is 2. The molecule has 0 radical (unpaired) electrons. The van der Waals surface area contributed by atoms with E-state index in [1.54, 1.807) is 0 Å². The summed E-state index contributed by atoms with van der Waals surface area (Å²) >= 11 is 0. The normalized spacial score (nSPS) is 11.3. The Morgan fingerprint density at radius 1 is 1.33 bits per heavy atom. The molecule has 0 heterocycles. The van der Waals surface area contributed by atoms with E-state index in [4.69, 9.17) is 9.47 Å². The molecular weight excluding hydrogens is 156 g/mol. The van der Waals surface area contributed by atoms with Gasteiger partial charge in [0.2, 0.25) is 0 Å². The summed E-state index contributed by atoms with van der Waals surface area (Å²) in [5.74, 6) is -0.295. The van der Waals surface area contributed by atoms with Crippen molar-refractivity contribution in [2.75, 3.05) is 13.2 Å². The highest BCUT2D eigenvalue weighted by Gasteiger charge is 2.15. The van der Waals surface area contributed by atoms with Crippen LogP contribution in [0, 0.1) is 0 Å². The number of carbonyl (C=O) groups is 1. The van der Waals surface area contributed by atoms with Crippen molar-refractivity contribution in [3.63, 3.8) is 0 Å². The maximum atomic E-state index is 11.0. The lowest BCUT2D eigenvalue weighted by molar-refractivity contribution is -0.160. The minimum absolute atomic E-state index is 0.0606. The van der Waals surface area contributed by atoms with Crippen molar-refractivity contribution in [1.29, 1.82) is 0 Å². The van der Waals surface area contributed by atoms with Crippen LogP contribution in [0.5, 0.6) is 0 Å². The van der Waals surface area contributed by atoms with Crippen molar-refractivity contribution >= 4 is 5.97 Å². The van der Waals surface area contributed by atoms with Gasteiger partial charge in [0.25, 0.3) is 0 Å². The zero-order chi connectivity index (χ0) is 9.61. The molecule has 0 aromatic rings.